The predicted molar refractivity (Wildman–Crippen MR) is 74.0 cm³/mol. The quantitative estimate of drug-likeness (QED) is 0.821. The van der Waals surface area contributed by atoms with E-state index in [0.29, 0.717) is 0 Å². The molecule has 0 aliphatic heterocycles. The molecular formula is C16H19N. The average molecular weight is 225 g/mol. The molecule has 0 saturated carbocycles. The summed E-state index contributed by atoms with van der Waals surface area (Å²) in [7, 11) is 0. The lowest BCUT2D eigenvalue weighted by molar-refractivity contribution is 0.820. The number of hydrogen-bond donors (Lipinski definition) is 1. The first kappa shape index (κ1) is 11.9. The van der Waals surface area contributed by atoms with Crippen molar-refractivity contribution < 1.29 is 0 Å². The third-order valence-electron chi connectivity index (χ3n) is 2.98. The number of rotatable bonds is 2. The van der Waals surface area contributed by atoms with Crippen molar-refractivity contribution in [3.05, 3.63) is 59.2 Å². The highest BCUT2D eigenvalue weighted by atomic mass is 14.6. The Morgan fingerprint density at radius 1 is 0.941 bits per heavy atom. The van der Waals surface area contributed by atoms with Crippen molar-refractivity contribution in [3.63, 3.8) is 0 Å². The van der Waals surface area contributed by atoms with Crippen molar-refractivity contribution in [1.29, 1.82) is 0 Å². The molecule has 0 fully saturated rings. The minimum Gasteiger partial charge on any atom is -0.324 e. The standard InChI is InChI=1S/C16H19N/c1-11-8-12(2)10-14(9-11)16-7-5-4-6-15(16)13(3)17/h4-10,13H,17H2,1-3H3. The fourth-order valence-corrected chi connectivity index (χ4v) is 2.29. The zero-order valence-electron chi connectivity index (χ0n) is 10.7. The van der Waals surface area contributed by atoms with Gasteiger partial charge in [-0.05, 0) is 37.5 Å². The van der Waals surface area contributed by atoms with Gasteiger partial charge < -0.3 is 5.73 Å². The molecule has 0 aliphatic carbocycles. The maximum absolute atomic E-state index is 6.03. The van der Waals surface area contributed by atoms with Gasteiger partial charge in [-0.1, -0.05) is 53.6 Å². The number of benzene rings is 2. The summed E-state index contributed by atoms with van der Waals surface area (Å²) in [5.74, 6) is 0. The van der Waals surface area contributed by atoms with E-state index in [2.05, 4.69) is 50.2 Å². The first-order chi connectivity index (χ1) is 8.08. The van der Waals surface area contributed by atoms with Gasteiger partial charge >= 0.3 is 0 Å². The highest BCUT2D eigenvalue weighted by Crippen LogP contribution is 2.28. The molecular weight excluding hydrogens is 206 g/mol. The Morgan fingerprint density at radius 2 is 1.53 bits per heavy atom. The molecule has 0 saturated heterocycles. The van der Waals surface area contributed by atoms with Crippen LogP contribution in [0.2, 0.25) is 0 Å². The second-order valence-corrected chi connectivity index (χ2v) is 4.75. The van der Waals surface area contributed by atoms with Crippen LogP contribution in [-0.2, 0) is 0 Å². The number of hydrogen-bond acceptors (Lipinski definition) is 1. The average Bonchev–Trinajstić information content (AvgIpc) is 2.27. The van der Waals surface area contributed by atoms with Gasteiger partial charge in [0, 0.05) is 6.04 Å². The van der Waals surface area contributed by atoms with Crippen molar-refractivity contribution in [2.24, 2.45) is 5.73 Å². The predicted octanol–water partition coefficient (Wildman–Crippen LogP) is 3.99. The summed E-state index contributed by atoms with van der Waals surface area (Å²) in [5, 5.41) is 0. The van der Waals surface area contributed by atoms with Crippen molar-refractivity contribution in [2.45, 2.75) is 26.8 Å². The molecule has 2 rings (SSSR count). The molecule has 2 aromatic rings. The third kappa shape index (κ3) is 2.56. The van der Waals surface area contributed by atoms with Gasteiger partial charge in [-0.25, -0.2) is 0 Å². The molecule has 1 unspecified atom stereocenters. The maximum atomic E-state index is 6.03. The zero-order valence-corrected chi connectivity index (χ0v) is 10.7. The van der Waals surface area contributed by atoms with E-state index in [9.17, 15) is 0 Å². The van der Waals surface area contributed by atoms with E-state index in [1.54, 1.807) is 0 Å². The van der Waals surface area contributed by atoms with Gasteiger partial charge in [0.1, 0.15) is 0 Å². The van der Waals surface area contributed by atoms with Crippen LogP contribution in [-0.4, -0.2) is 0 Å². The van der Waals surface area contributed by atoms with Crippen LogP contribution in [0.4, 0.5) is 0 Å². The fraction of sp³-hybridized carbons (Fsp3) is 0.250. The van der Waals surface area contributed by atoms with Crippen LogP contribution in [0, 0.1) is 13.8 Å². The minimum absolute atomic E-state index is 0.0621. The van der Waals surface area contributed by atoms with E-state index in [-0.39, 0.29) is 6.04 Å². The Labute approximate surface area is 103 Å². The second kappa shape index (κ2) is 4.72. The highest BCUT2D eigenvalue weighted by molar-refractivity contribution is 5.69. The third-order valence-corrected chi connectivity index (χ3v) is 2.98. The van der Waals surface area contributed by atoms with Gasteiger partial charge in [0.25, 0.3) is 0 Å². The second-order valence-electron chi connectivity index (χ2n) is 4.75. The number of aryl methyl sites for hydroxylation is 2. The Morgan fingerprint density at radius 3 is 2.12 bits per heavy atom. The molecule has 0 bridgehead atoms. The lowest BCUT2D eigenvalue weighted by atomic mass is 9.94. The summed E-state index contributed by atoms with van der Waals surface area (Å²) >= 11 is 0. The molecule has 0 spiro atoms. The van der Waals surface area contributed by atoms with Crippen LogP contribution in [0.1, 0.15) is 29.7 Å². The van der Waals surface area contributed by atoms with Crippen molar-refractivity contribution >= 4 is 0 Å². The molecule has 0 aliphatic rings. The molecule has 17 heavy (non-hydrogen) atoms. The molecule has 0 radical (unpaired) electrons. The molecule has 0 aromatic heterocycles. The maximum Gasteiger partial charge on any atom is 0.0272 e. The van der Waals surface area contributed by atoms with Gasteiger partial charge in [0.05, 0.1) is 0 Å². The molecule has 1 nitrogen and oxygen atoms in total. The van der Waals surface area contributed by atoms with E-state index in [1.807, 2.05) is 13.0 Å². The molecule has 2 N–H and O–H groups in total. The van der Waals surface area contributed by atoms with Crippen LogP contribution >= 0.6 is 0 Å². The lowest BCUT2D eigenvalue weighted by Crippen LogP contribution is -2.06. The van der Waals surface area contributed by atoms with Crippen LogP contribution in [0.15, 0.2) is 42.5 Å². The van der Waals surface area contributed by atoms with E-state index in [1.165, 1.54) is 27.8 Å². The molecule has 88 valence electrons. The van der Waals surface area contributed by atoms with Gasteiger partial charge in [0.2, 0.25) is 0 Å². The Bertz CT molecular complexity index is 507. The Kier molecular flexibility index (Phi) is 3.30. The van der Waals surface area contributed by atoms with E-state index >= 15 is 0 Å². The monoisotopic (exact) mass is 225 g/mol. The first-order valence-electron chi connectivity index (χ1n) is 6.01. The molecule has 2 aromatic carbocycles. The van der Waals surface area contributed by atoms with Crippen LogP contribution in [0.25, 0.3) is 11.1 Å². The Hall–Kier alpha value is -1.60. The molecule has 1 heteroatoms. The largest absolute Gasteiger partial charge is 0.324 e. The summed E-state index contributed by atoms with van der Waals surface area (Å²) in [6.45, 7) is 6.29. The molecule has 1 atom stereocenters. The van der Waals surface area contributed by atoms with E-state index in [0.717, 1.165) is 0 Å². The molecule has 0 amide bonds. The summed E-state index contributed by atoms with van der Waals surface area (Å²) in [5.41, 5.74) is 12.3. The van der Waals surface area contributed by atoms with Crippen molar-refractivity contribution in [3.8, 4) is 11.1 Å². The zero-order chi connectivity index (χ0) is 12.4. The lowest BCUT2D eigenvalue weighted by Gasteiger charge is -2.13. The van der Waals surface area contributed by atoms with Crippen molar-refractivity contribution in [2.75, 3.05) is 0 Å². The summed E-state index contributed by atoms with van der Waals surface area (Å²) in [6.07, 6.45) is 0. The van der Waals surface area contributed by atoms with E-state index in [4.69, 9.17) is 5.73 Å². The van der Waals surface area contributed by atoms with Crippen LogP contribution in [0.3, 0.4) is 0 Å². The van der Waals surface area contributed by atoms with Gasteiger partial charge in [-0.3, -0.25) is 0 Å². The van der Waals surface area contributed by atoms with Gasteiger partial charge in [-0.15, -0.1) is 0 Å². The van der Waals surface area contributed by atoms with Crippen LogP contribution < -0.4 is 5.73 Å². The van der Waals surface area contributed by atoms with Gasteiger partial charge in [-0.2, -0.15) is 0 Å². The Balaban J connectivity index is 2.60. The minimum atomic E-state index is 0.0621. The number of nitrogens with two attached hydrogens (primary N) is 1. The first-order valence-corrected chi connectivity index (χ1v) is 6.01. The normalized spacial score (nSPS) is 12.5. The summed E-state index contributed by atoms with van der Waals surface area (Å²) in [6, 6.07) is 15.1. The van der Waals surface area contributed by atoms with Gasteiger partial charge in [0.15, 0.2) is 0 Å². The molecule has 0 heterocycles. The fourth-order valence-electron chi connectivity index (χ4n) is 2.29. The summed E-state index contributed by atoms with van der Waals surface area (Å²) in [4.78, 5) is 0. The smallest absolute Gasteiger partial charge is 0.0272 e. The summed E-state index contributed by atoms with van der Waals surface area (Å²) < 4.78 is 0. The van der Waals surface area contributed by atoms with Crippen LogP contribution in [0.5, 0.6) is 0 Å². The highest BCUT2D eigenvalue weighted by Gasteiger charge is 2.08. The topological polar surface area (TPSA) is 26.0 Å². The van der Waals surface area contributed by atoms with E-state index < -0.39 is 0 Å². The SMILES string of the molecule is Cc1cc(C)cc(-c2ccccc2C(C)N)c1. The van der Waals surface area contributed by atoms with Crippen molar-refractivity contribution in [1.82, 2.24) is 0 Å².